The van der Waals surface area contributed by atoms with Gasteiger partial charge in [0.2, 0.25) is 0 Å². The van der Waals surface area contributed by atoms with Gasteiger partial charge in [-0.05, 0) is 30.7 Å². The third-order valence-corrected chi connectivity index (χ3v) is 4.28. The summed E-state index contributed by atoms with van der Waals surface area (Å²) in [6.07, 6.45) is 2.02. The van der Waals surface area contributed by atoms with Crippen molar-refractivity contribution in [3.63, 3.8) is 0 Å². The predicted molar refractivity (Wildman–Crippen MR) is 82.0 cm³/mol. The highest BCUT2D eigenvalue weighted by atomic mass is 16.5. The van der Waals surface area contributed by atoms with Crippen molar-refractivity contribution in [2.24, 2.45) is 5.92 Å². The first-order chi connectivity index (χ1) is 10.1. The van der Waals surface area contributed by atoms with E-state index in [0.29, 0.717) is 5.92 Å². The minimum Gasteiger partial charge on any atom is -0.493 e. The lowest BCUT2D eigenvalue weighted by atomic mass is 9.88. The molecule has 2 unspecified atom stereocenters. The van der Waals surface area contributed by atoms with E-state index in [4.69, 9.17) is 14.2 Å². The minimum absolute atomic E-state index is 0.0799. The van der Waals surface area contributed by atoms with Gasteiger partial charge in [0.25, 0.3) is 0 Å². The molecular weight excluding hydrogens is 266 g/mol. The number of fused-ring (bicyclic) bond motifs is 1. The Balaban J connectivity index is 1.83. The SMILES string of the molecule is COC1CC2(CCNC2)Oc2ccc(OCC(C)C)cc21. The number of methoxy groups -OCH3 is 1. The maximum Gasteiger partial charge on any atom is 0.126 e. The summed E-state index contributed by atoms with van der Waals surface area (Å²) in [4.78, 5) is 0. The summed E-state index contributed by atoms with van der Waals surface area (Å²) in [7, 11) is 1.78. The number of rotatable bonds is 4. The van der Waals surface area contributed by atoms with Crippen molar-refractivity contribution in [3.8, 4) is 11.5 Å². The van der Waals surface area contributed by atoms with E-state index in [1.165, 1.54) is 0 Å². The molecule has 1 saturated heterocycles. The molecule has 4 nitrogen and oxygen atoms in total. The smallest absolute Gasteiger partial charge is 0.126 e. The van der Waals surface area contributed by atoms with Crippen LogP contribution in [0.1, 0.15) is 38.4 Å². The summed E-state index contributed by atoms with van der Waals surface area (Å²) in [5, 5.41) is 3.40. The molecule has 0 saturated carbocycles. The molecule has 2 aliphatic heterocycles. The van der Waals surface area contributed by atoms with E-state index in [-0.39, 0.29) is 11.7 Å². The molecule has 21 heavy (non-hydrogen) atoms. The monoisotopic (exact) mass is 291 g/mol. The van der Waals surface area contributed by atoms with Crippen molar-refractivity contribution in [1.29, 1.82) is 0 Å². The highest BCUT2D eigenvalue weighted by molar-refractivity contribution is 5.44. The molecule has 116 valence electrons. The number of hydrogen-bond acceptors (Lipinski definition) is 4. The van der Waals surface area contributed by atoms with E-state index >= 15 is 0 Å². The molecule has 1 fully saturated rings. The van der Waals surface area contributed by atoms with Gasteiger partial charge >= 0.3 is 0 Å². The van der Waals surface area contributed by atoms with Crippen LogP contribution in [0.5, 0.6) is 11.5 Å². The van der Waals surface area contributed by atoms with E-state index in [9.17, 15) is 0 Å². The normalized spacial score (nSPS) is 27.7. The first-order valence-corrected chi connectivity index (χ1v) is 7.81. The highest BCUT2D eigenvalue weighted by Crippen LogP contribution is 2.44. The lowest BCUT2D eigenvalue weighted by Gasteiger charge is -2.39. The molecule has 4 heteroatoms. The summed E-state index contributed by atoms with van der Waals surface area (Å²) < 4.78 is 17.8. The average molecular weight is 291 g/mol. The van der Waals surface area contributed by atoms with Gasteiger partial charge in [-0.1, -0.05) is 13.8 Å². The number of ether oxygens (including phenoxy) is 3. The molecule has 1 N–H and O–H groups in total. The van der Waals surface area contributed by atoms with Crippen LogP contribution >= 0.6 is 0 Å². The molecule has 0 radical (unpaired) electrons. The first kappa shape index (κ1) is 14.7. The third-order valence-electron chi connectivity index (χ3n) is 4.28. The van der Waals surface area contributed by atoms with Crippen LogP contribution in [0.15, 0.2) is 18.2 Å². The Kier molecular flexibility index (Phi) is 4.09. The van der Waals surface area contributed by atoms with Gasteiger partial charge in [0.15, 0.2) is 0 Å². The predicted octanol–water partition coefficient (Wildman–Crippen LogP) is 2.92. The second-order valence-corrected chi connectivity index (χ2v) is 6.54. The largest absolute Gasteiger partial charge is 0.493 e. The van der Waals surface area contributed by atoms with Gasteiger partial charge in [-0.25, -0.2) is 0 Å². The maximum absolute atomic E-state index is 6.29. The number of benzene rings is 1. The molecule has 0 amide bonds. The molecule has 3 rings (SSSR count). The van der Waals surface area contributed by atoms with Crippen LogP contribution in [0.3, 0.4) is 0 Å². The molecule has 2 aliphatic rings. The molecular formula is C17H25NO3. The topological polar surface area (TPSA) is 39.7 Å². The van der Waals surface area contributed by atoms with Gasteiger partial charge in [-0.3, -0.25) is 0 Å². The Hall–Kier alpha value is -1.26. The van der Waals surface area contributed by atoms with Gasteiger partial charge < -0.3 is 19.5 Å². The summed E-state index contributed by atoms with van der Waals surface area (Å²) in [5.74, 6) is 2.35. The molecule has 0 aromatic heterocycles. The van der Waals surface area contributed by atoms with Gasteiger partial charge in [0, 0.05) is 32.1 Å². The molecule has 1 aromatic carbocycles. The van der Waals surface area contributed by atoms with E-state index in [1.54, 1.807) is 7.11 Å². The molecule has 0 aliphatic carbocycles. The zero-order valence-corrected chi connectivity index (χ0v) is 13.1. The van der Waals surface area contributed by atoms with Crippen LogP contribution in [0, 0.1) is 5.92 Å². The lowest BCUT2D eigenvalue weighted by molar-refractivity contribution is -0.0204. The zero-order valence-electron chi connectivity index (χ0n) is 13.1. The van der Waals surface area contributed by atoms with Crippen LogP contribution in [0.25, 0.3) is 0 Å². The van der Waals surface area contributed by atoms with Crippen molar-refractivity contribution in [2.45, 2.75) is 38.4 Å². The molecule has 1 aromatic rings. The highest BCUT2D eigenvalue weighted by Gasteiger charge is 2.43. The van der Waals surface area contributed by atoms with E-state index in [2.05, 4.69) is 25.2 Å². The lowest BCUT2D eigenvalue weighted by Crippen LogP contribution is -2.43. The summed E-state index contributed by atoms with van der Waals surface area (Å²) in [5.41, 5.74) is 1.00. The van der Waals surface area contributed by atoms with Crippen LogP contribution in [0.4, 0.5) is 0 Å². The summed E-state index contributed by atoms with van der Waals surface area (Å²) >= 11 is 0. The minimum atomic E-state index is -0.103. The fourth-order valence-electron chi connectivity index (χ4n) is 3.14. The summed E-state index contributed by atoms with van der Waals surface area (Å²) in [6, 6.07) is 6.09. The van der Waals surface area contributed by atoms with E-state index in [0.717, 1.165) is 49.6 Å². The Morgan fingerprint density at radius 2 is 2.29 bits per heavy atom. The van der Waals surface area contributed by atoms with Gasteiger partial charge in [0.1, 0.15) is 17.1 Å². The second kappa shape index (κ2) is 5.85. The zero-order chi connectivity index (χ0) is 14.9. The van der Waals surface area contributed by atoms with Gasteiger partial charge in [0.05, 0.1) is 12.7 Å². The Bertz CT molecular complexity index is 495. The van der Waals surface area contributed by atoms with Crippen molar-refractivity contribution in [1.82, 2.24) is 5.32 Å². The molecule has 1 spiro atoms. The van der Waals surface area contributed by atoms with E-state index < -0.39 is 0 Å². The maximum atomic E-state index is 6.29. The Morgan fingerprint density at radius 3 is 2.95 bits per heavy atom. The Labute approximate surface area is 126 Å². The average Bonchev–Trinajstić information content (AvgIpc) is 2.92. The van der Waals surface area contributed by atoms with Crippen molar-refractivity contribution < 1.29 is 14.2 Å². The van der Waals surface area contributed by atoms with Crippen LogP contribution in [-0.4, -0.2) is 32.4 Å². The van der Waals surface area contributed by atoms with E-state index in [1.807, 2.05) is 12.1 Å². The van der Waals surface area contributed by atoms with Crippen LogP contribution in [0.2, 0.25) is 0 Å². The van der Waals surface area contributed by atoms with Crippen molar-refractivity contribution in [2.75, 3.05) is 26.8 Å². The quantitative estimate of drug-likeness (QED) is 0.926. The third kappa shape index (κ3) is 3.01. The molecule has 2 heterocycles. The second-order valence-electron chi connectivity index (χ2n) is 6.54. The fraction of sp³-hybridized carbons (Fsp3) is 0.647. The van der Waals surface area contributed by atoms with Crippen molar-refractivity contribution in [3.05, 3.63) is 23.8 Å². The van der Waals surface area contributed by atoms with Gasteiger partial charge in [-0.2, -0.15) is 0 Å². The Morgan fingerprint density at radius 1 is 1.43 bits per heavy atom. The van der Waals surface area contributed by atoms with Crippen molar-refractivity contribution >= 4 is 0 Å². The standard InChI is InChI=1S/C17H25NO3/c1-12(2)10-20-13-4-5-15-14(8-13)16(19-3)9-17(21-15)6-7-18-11-17/h4-5,8,12,16,18H,6-7,9-11H2,1-3H3. The first-order valence-electron chi connectivity index (χ1n) is 7.81. The molecule has 0 bridgehead atoms. The number of hydrogen-bond donors (Lipinski definition) is 1. The fourth-order valence-corrected chi connectivity index (χ4v) is 3.14. The number of nitrogens with one attached hydrogen (secondary N) is 1. The summed E-state index contributed by atoms with van der Waals surface area (Å²) in [6.45, 7) is 6.94. The van der Waals surface area contributed by atoms with Crippen LogP contribution in [-0.2, 0) is 4.74 Å². The molecule has 2 atom stereocenters. The van der Waals surface area contributed by atoms with Gasteiger partial charge in [-0.15, -0.1) is 0 Å². The van der Waals surface area contributed by atoms with Crippen LogP contribution < -0.4 is 14.8 Å².